The van der Waals surface area contributed by atoms with Crippen molar-refractivity contribution in [1.29, 1.82) is 0 Å². The molecule has 1 aliphatic rings. The Morgan fingerprint density at radius 1 is 1.24 bits per heavy atom. The van der Waals surface area contributed by atoms with Crippen molar-refractivity contribution >= 4 is 17.0 Å². The number of benzene rings is 1. The van der Waals surface area contributed by atoms with Gasteiger partial charge in [0.15, 0.2) is 0 Å². The van der Waals surface area contributed by atoms with Gasteiger partial charge in [0.2, 0.25) is 5.89 Å². The molecule has 1 saturated heterocycles. The molecule has 1 atom stereocenters. The number of aromatic nitrogens is 3. The second-order valence-corrected chi connectivity index (χ2v) is 8.46. The van der Waals surface area contributed by atoms with Crippen molar-refractivity contribution in [2.24, 2.45) is 0 Å². The van der Waals surface area contributed by atoms with Gasteiger partial charge < -0.3 is 18.6 Å². The Bertz CT molecular complexity index is 1310. The van der Waals surface area contributed by atoms with Crippen LogP contribution < -0.4 is 4.74 Å². The predicted octanol–water partition coefficient (Wildman–Crippen LogP) is 4.79. The summed E-state index contributed by atoms with van der Waals surface area (Å²) in [4.78, 5) is 24.5. The van der Waals surface area contributed by atoms with E-state index in [-0.39, 0.29) is 11.9 Å². The fraction of sp³-hybridized carbons (Fsp3) is 0.360. The third-order valence-electron chi connectivity index (χ3n) is 6.11. The molecule has 4 aromatic rings. The summed E-state index contributed by atoms with van der Waals surface area (Å²) >= 11 is 0. The molecule has 1 aromatic carbocycles. The average Bonchev–Trinajstić information content (AvgIpc) is 3.45. The maximum atomic E-state index is 13.7. The van der Waals surface area contributed by atoms with Crippen LogP contribution in [-0.4, -0.2) is 39.6 Å². The van der Waals surface area contributed by atoms with Gasteiger partial charge in [-0.05, 0) is 56.9 Å². The lowest BCUT2D eigenvalue weighted by molar-refractivity contribution is 0.0572. The standard InChI is InChI=1S/C25H26N4O4/c1-15-11-20(22-16(2)28-33-24(22)27-15)25(30)29-10-5-4-9-21(29)23-26-14-19(32-23)13-17-7-6-8-18(12-17)31-3/h6-8,11-12,14,21H,4-5,9-10,13H2,1-3H3/t21-/m0/s1. The number of pyridine rings is 1. The molecule has 0 unspecified atom stereocenters. The zero-order valence-corrected chi connectivity index (χ0v) is 19.0. The molecule has 3 aromatic heterocycles. The summed E-state index contributed by atoms with van der Waals surface area (Å²) in [6, 6.07) is 9.47. The van der Waals surface area contributed by atoms with Crippen LogP contribution in [0.4, 0.5) is 0 Å². The van der Waals surface area contributed by atoms with Crippen LogP contribution in [0, 0.1) is 13.8 Å². The van der Waals surface area contributed by atoms with Gasteiger partial charge in [-0.1, -0.05) is 17.3 Å². The Hall–Kier alpha value is -3.68. The van der Waals surface area contributed by atoms with Crippen molar-refractivity contribution < 1.29 is 18.5 Å². The number of nitrogens with zero attached hydrogens (tertiary/aromatic N) is 4. The molecule has 0 spiro atoms. The lowest BCUT2D eigenvalue weighted by Gasteiger charge is -2.34. The van der Waals surface area contributed by atoms with E-state index in [1.165, 1.54) is 0 Å². The van der Waals surface area contributed by atoms with E-state index < -0.39 is 0 Å². The summed E-state index contributed by atoms with van der Waals surface area (Å²) in [5.41, 5.74) is 3.40. The number of hydrogen-bond acceptors (Lipinski definition) is 7. The molecule has 8 heteroatoms. The number of ether oxygens (including phenoxy) is 1. The first-order valence-electron chi connectivity index (χ1n) is 11.2. The van der Waals surface area contributed by atoms with Gasteiger partial charge >= 0.3 is 0 Å². The summed E-state index contributed by atoms with van der Waals surface area (Å²) < 4.78 is 16.8. The van der Waals surface area contributed by atoms with E-state index >= 15 is 0 Å². The molecule has 1 aliphatic heterocycles. The number of methoxy groups -OCH3 is 1. The van der Waals surface area contributed by atoms with Gasteiger partial charge in [-0.15, -0.1) is 0 Å². The number of carbonyl (C=O) groups is 1. The lowest BCUT2D eigenvalue weighted by Crippen LogP contribution is -2.38. The number of oxazole rings is 1. The summed E-state index contributed by atoms with van der Waals surface area (Å²) in [5.74, 6) is 2.06. The van der Waals surface area contributed by atoms with Crippen molar-refractivity contribution in [2.75, 3.05) is 13.7 Å². The highest BCUT2D eigenvalue weighted by Crippen LogP contribution is 2.34. The molecule has 5 rings (SSSR count). The highest BCUT2D eigenvalue weighted by molar-refractivity contribution is 6.06. The molecule has 1 fully saturated rings. The molecule has 8 nitrogen and oxygen atoms in total. The van der Waals surface area contributed by atoms with Crippen LogP contribution >= 0.6 is 0 Å². The van der Waals surface area contributed by atoms with Crippen molar-refractivity contribution in [3.05, 3.63) is 70.7 Å². The average molecular weight is 447 g/mol. The number of hydrogen-bond donors (Lipinski definition) is 0. The first-order valence-corrected chi connectivity index (χ1v) is 11.2. The van der Waals surface area contributed by atoms with Crippen LogP contribution in [0.5, 0.6) is 5.75 Å². The summed E-state index contributed by atoms with van der Waals surface area (Å²) in [6.07, 6.45) is 5.12. The molecule has 0 radical (unpaired) electrons. The molecule has 170 valence electrons. The fourth-order valence-corrected chi connectivity index (χ4v) is 4.51. The smallest absolute Gasteiger partial charge is 0.258 e. The minimum absolute atomic E-state index is 0.0750. The Labute approximate surface area is 191 Å². The van der Waals surface area contributed by atoms with E-state index in [1.54, 1.807) is 13.3 Å². The molecular formula is C25H26N4O4. The molecule has 4 heterocycles. The topological polar surface area (TPSA) is 94.5 Å². The van der Waals surface area contributed by atoms with Gasteiger partial charge in [-0.25, -0.2) is 9.97 Å². The Kier molecular flexibility index (Phi) is 5.58. The Morgan fingerprint density at radius 3 is 2.97 bits per heavy atom. The van der Waals surface area contributed by atoms with Crippen LogP contribution in [-0.2, 0) is 6.42 Å². The van der Waals surface area contributed by atoms with Gasteiger partial charge in [-0.3, -0.25) is 4.79 Å². The van der Waals surface area contributed by atoms with Crippen LogP contribution in [0.25, 0.3) is 11.1 Å². The molecule has 0 bridgehead atoms. The molecule has 0 saturated carbocycles. The summed E-state index contributed by atoms with van der Waals surface area (Å²) in [5, 5.41) is 4.68. The van der Waals surface area contributed by atoms with Gasteiger partial charge in [-0.2, -0.15) is 0 Å². The molecule has 0 N–H and O–H groups in total. The summed E-state index contributed by atoms with van der Waals surface area (Å²) in [6.45, 7) is 4.32. The van der Waals surface area contributed by atoms with Crippen molar-refractivity contribution in [3.8, 4) is 5.75 Å². The number of rotatable bonds is 5. The van der Waals surface area contributed by atoms with Gasteiger partial charge in [0, 0.05) is 18.7 Å². The number of likely N-dealkylation sites (tertiary alicyclic amines) is 1. The first-order chi connectivity index (χ1) is 16.0. The number of amides is 1. The third-order valence-corrected chi connectivity index (χ3v) is 6.11. The van der Waals surface area contributed by atoms with Crippen LogP contribution in [0.3, 0.4) is 0 Å². The zero-order chi connectivity index (χ0) is 22.9. The minimum atomic E-state index is -0.214. The summed E-state index contributed by atoms with van der Waals surface area (Å²) in [7, 11) is 1.65. The number of fused-ring (bicyclic) bond motifs is 1. The number of piperidine rings is 1. The largest absolute Gasteiger partial charge is 0.497 e. The molecule has 0 aliphatic carbocycles. The maximum absolute atomic E-state index is 13.7. The van der Waals surface area contributed by atoms with E-state index in [1.807, 2.05) is 49.1 Å². The Balaban J connectivity index is 1.43. The lowest BCUT2D eigenvalue weighted by atomic mass is 9.99. The second kappa shape index (κ2) is 8.69. The van der Waals surface area contributed by atoms with Gasteiger partial charge in [0.05, 0.1) is 30.0 Å². The first kappa shape index (κ1) is 21.2. The van der Waals surface area contributed by atoms with E-state index in [2.05, 4.69) is 15.1 Å². The van der Waals surface area contributed by atoms with Crippen LogP contribution in [0.15, 0.2) is 45.5 Å². The fourth-order valence-electron chi connectivity index (χ4n) is 4.51. The predicted molar refractivity (Wildman–Crippen MR) is 121 cm³/mol. The monoisotopic (exact) mass is 446 g/mol. The van der Waals surface area contributed by atoms with E-state index in [9.17, 15) is 4.79 Å². The quantitative estimate of drug-likeness (QED) is 0.435. The van der Waals surface area contributed by atoms with E-state index in [4.69, 9.17) is 13.7 Å². The molecular weight excluding hydrogens is 420 g/mol. The maximum Gasteiger partial charge on any atom is 0.258 e. The van der Waals surface area contributed by atoms with Crippen molar-refractivity contribution in [1.82, 2.24) is 20.0 Å². The number of aryl methyl sites for hydroxylation is 2. The van der Waals surface area contributed by atoms with Gasteiger partial charge in [0.1, 0.15) is 17.6 Å². The Morgan fingerprint density at radius 2 is 2.12 bits per heavy atom. The highest BCUT2D eigenvalue weighted by Gasteiger charge is 2.33. The second-order valence-electron chi connectivity index (χ2n) is 8.46. The van der Waals surface area contributed by atoms with Crippen LogP contribution in [0.2, 0.25) is 0 Å². The normalized spacial score (nSPS) is 16.3. The van der Waals surface area contributed by atoms with Crippen molar-refractivity contribution in [2.45, 2.75) is 45.6 Å². The van der Waals surface area contributed by atoms with E-state index in [0.29, 0.717) is 46.9 Å². The molecule has 33 heavy (non-hydrogen) atoms. The SMILES string of the molecule is COc1cccc(Cc2cnc([C@@H]3CCCCN3C(=O)c3cc(C)nc4onc(C)c34)o2)c1. The van der Waals surface area contributed by atoms with Gasteiger partial charge in [0.25, 0.3) is 11.6 Å². The van der Waals surface area contributed by atoms with E-state index in [0.717, 1.165) is 36.3 Å². The zero-order valence-electron chi connectivity index (χ0n) is 19.0. The van der Waals surface area contributed by atoms with Crippen molar-refractivity contribution in [3.63, 3.8) is 0 Å². The third kappa shape index (κ3) is 4.08. The highest BCUT2D eigenvalue weighted by atomic mass is 16.5. The molecule has 1 amide bonds. The number of carbonyl (C=O) groups excluding carboxylic acids is 1. The minimum Gasteiger partial charge on any atom is -0.497 e. The van der Waals surface area contributed by atoms with Crippen LogP contribution in [0.1, 0.15) is 64.3 Å².